The molecule has 1 aliphatic carbocycles. The molecule has 0 spiro atoms. The van der Waals surface area contributed by atoms with Crippen molar-refractivity contribution in [3.8, 4) is 0 Å². The van der Waals surface area contributed by atoms with Crippen LogP contribution in [0.2, 0.25) is 0 Å². The topological polar surface area (TPSA) is 49.8 Å². The summed E-state index contributed by atoms with van der Waals surface area (Å²) in [6, 6.07) is 0.00444. The summed E-state index contributed by atoms with van der Waals surface area (Å²) in [5.41, 5.74) is 0. The van der Waals surface area contributed by atoms with E-state index in [0.29, 0.717) is 25.4 Å². The standard InChI is InChI=1S/C12H23NO3/c1-16-10-8-13(7-9-14)11-5-3-2-4-6-12(11)15/h11,14H,2-10H2,1H3. The zero-order chi connectivity index (χ0) is 11.8. The number of ketones is 1. The highest BCUT2D eigenvalue weighted by atomic mass is 16.5. The maximum atomic E-state index is 11.9. The minimum atomic E-state index is 0.00444. The molecule has 0 radical (unpaired) electrons. The number of rotatable bonds is 6. The molecule has 0 aliphatic heterocycles. The molecule has 0 amide bonds. The summed E-state index contributed by atoms with van der Waals surface area (Å²) in [6.07, 6.45) is 4.92. The maximum Gasteiger partial charge on any atom is 0.149 e. The molecule has 16 heavy (non-hydrogen) atoms. The maximum absolute atomic E-state index is 11.9. The molecule has 4 heteroatoms. The molecule has 1 unspecified atom stereocenters. The Hall–Kier alpha value is -0.450. The van der Waals surface area contributed by atoms with Gasteiger partial charge < -0.3 is 9.84 Å². The fourth-order valence-electron chi connectivity index (χ4n) is 2.29. The van der Waals surface area contributed by atoms with Gasteiger partial charge in [-0.1, -0.05) is 12.8 Å². The van der Waals surface area contributed by atoms with E-state index in [4.69, 9.17) is 9.84 Å². The first-order valence-electron chi connectivity index (χ1n) is 6.16. The molecule has 0 heterocycles. The van der Waals surface area contributed by atoms with Crippen molar-refractivity contribution >= 4 is 5.78 Å². The van der Waals surface area contributed by atoms with Crippen molar-refractivity contribution in [1.82, 2.24) is 4.90 Å². The Balaban J connectivity index is 2.54. The van der Waals surface area contributed by atoms with Crippen LogP contribution in [-0.4, -0.2) is 55.2 Å². The number of hydrogen-bond acceptors (Lipinski definition) is 4. The summed E-state index contributed by atoms with van der Waals surface area (Å²) in [4.78, 5) is 14.0. The van der Waals surface area contributed by atoms with E-state index in [2.05, 4.69) is 4.90 Å². The normalized spacial score (nSPS) is 22.4. The smallest absolute Gasteiger partial charge is 0.149 e. The number of Topliss-reactive ketones (excluding diaryl/α,β-unsaturated/α-hetero) is 1. The van der Waals surface area contributed by atoms with Gasteiger partial charge in [0.15, 0.2) is 0 Å². The average Bonchev–Trinajstić information content (AvgIpc) is 2.49. The quantitative estimate of drug-likeness (QED) is 0.685. The van der Waals surface area contributed by atoms with Crippen LogP contribution in [0.3, 0.4) is 0 Å². The first kappa shape index (κ1) is 13.6. The molecular weight excluding hydrogens is 206 g/mol. The lowest BCUT2D eigenvalue weighted by molar-refractivity contribution is -0.124. The summed E-state index contributed by atoms with van der Waals surface area (Å²) in [5.74, 6) is 0.335. The second-order valence-corrected chi connectivity index (χ2v) is 4.33. The van der Waals surface area contributed by atoms with Crippen LogP contribution < -0.4 is 0 Å². The molecule has 1 saturated carbocycles. The van der Waals surface area contributed by atoms with Crippen molar-refractivity contribution in [2.45, 2.75) is 38.1 Å². The molecule has 4 nitrogen and oxygen atoms in total. The van der Waals surface area contributed by atoms with E-state index in [1.54, 1.807) is 7.11 Å². The third kappa shape index (κ3) is 4.20. The van der Waals surface area contributed by atoms with Crippen LogP contribution in [0.4, 0.5) is 0 Å². The van der Waals surface area contributed by atoms with Gasteiger partial charge >= 0.3 is 0 Å². The second kappa shape index (κ2) is 7.76. The van der Waals surface area contributed by atoms with Gasteiger partial charge in [-0.3, -0.25) is 9.69 Å². The van der Waals surface area contributed by atoms with Crippen LogP contribution in [0.1, 0.15) is 32.1 Å². The first-order valence-corrected chi connectivity index (χ1v) is 6.16. The zero-order valence-electron chi connectivity index (χ0n) is 10.2. The van der Waals surface area contributed by atoms with E-state index in [1.165, 1.54) is 0 Å². The molecule has 1 aliphatic rings. The summed E-state index contributed by atoms with van der Waals surface area (Å²) < 4.78 is 5.04. The Labute approximate surface area is 97.6 Å². The van der Waals surface area contributed by atoms with Gasteiger partial charge in [0.05, 0.1) is 19.3 Å². The SMILES string of the molecule is COCCN(CCO)C1CCCCCC1=O. The molecular formula is C12H23NO3. The lowest BCUT2D eigenvalue weighted by atomic mass is 10.1. The monoisotopic (exact) mass is 229 g/mol. The molecule has 94 valence electrons. The number of carbonyl (C=O) groups is 1. The summed E-state index contributed by atoms with van der Waals surface area (Å²) in [6.45, 7) is 2.02. The van der Waals surface area contributed by atoms with E-state index in [9.17, 15) is 4.79 Å². The Morgan fingerprint density at radius 1 is 1.38 bits per heavy atom. The predicted molar refractivity (Wildman–Crippen MR) is 62.4 cm³/mol. The van der Waals surface area contributed by atoms with Crippen LogP contribution in [0.5, 0.6) is 0 Å². The Kier molecular flexibility index (Phi) is 6.61. The van der Waals surface area contributed by atoms with Crippen LogP contribution >= 0.6 is 0 Å². The Bertz CT molecular complexity index is 208. The number of methoxy groups -OCH3 is 1. The Morgan fingerprint density at radius 2 is 2.19 bits per heavy atom. The highest BCUT2D eigenvalue weighted by molar-refractivity contribution is 5.84. The van der Waals surface area contributed by atoms with E-state index in [-0.39, 0.29) is 12.6 Å². The fourth-order valence-corrected chi connectivity index (χ4v) is 2.29. The highest BCUT2D eigenvalue weighted by Crippen LogP contribution is 2.19. The zero-order valence-corrected chi connectivity index (χ0v) is 10.2. The number of hydrogen-bond donors (Lipinski definition) is 1. The minimum Gasteiger partial charge on any atom is -0.395 e. The molecule has 1 fully saturated rings. The third-order valence-corrected chi connectivity index (χ3v) is 3.18. The van der Waals surface area contributed by atoms with Crippen LogP contribution in [0.25, 0.3) is 0 Å². The molecule has 1 N–H and O–H groups in total. The van der Waals surface area contributed by atoms with Crippen molar-refractivity contribution in [3.63, 3.8) is 0 Å². The molecule has 1 rings (SSSR count). The molecule has 0 bridgehead atoms. The van der Waals surface area contributed by atoms with Crippen molar-refractivity contribution in [1.29, 1.82) is 0 Å². The van der Waals surface area contributed by atoms with Crippen LogP contribution in [0.15, 0.2) is 0 Å². The lowest BCUT2D eigenvalue weighted by Gasteiger charge is -2.29. The third-order valence-electron chi connectivity index (χ3n) is 3.18. The van der Waals surface area contributed by atoms with Crippen molar-refractivity contribution in [2.75, 3.05) is 33.4 Å². The molecule has 1 atom stereocenters. The summed E-state index contributed by atoms with van der Waals surface area (Å²) in [5, 5.41) is 9.03. The number of ether oxygens (including phenoxy) is 1. The number of aliphatic hydroxyl groups excluding tert-OH is 1. The van der Waals surface area contributed by atoms with Gasteiger partial charge in [0.25, 0.3) is 0 Å². The van der Waals surface area contributed by atoms with E-state index >= 15 is 0 Å². The van der Waals surface area contributed by atoms with Crippen molar-refractivity contribution < 1.29 is 14.6 Å². The molecule has 0 saturated heterocycles. The molecule has 0 aromatic carbocycles. The van der Waals surface area contributed by atoms with E-state index in [0.717, 1.165) is 32.2 Å². The van der Waals surface area contributed by atoms with E-state index < -0.39 is 0 Å². The number of carbonyl (C=O) groups excluding carboxylic acids is 1. The van der Waals surface area contributed by atoms with Gasteiger partial charge in [-0.05, 0) is 12.8 Å². The summed E-state index contributed by atoms with van der Waals surface area (Å²) in [7, 11) is 1.66. The van der Waals surface area contributed by atoms with E-state index in [1.807, 2.05) is 0 Å². The number of nitrogens with zero attached hydrogens (tertiary/aromatic N) is 1. The largest absolute Gasteiger partial charge is 0.395 e. The van der Waals surface area contributed by atoms with Crippen LogP contribution in [0, 0.1) is 0 Å². The van der Waals surface area contributed by atoms with Gasteiger partial charge in [0, 0.05) is 26.6 Å². The van der Waals surface area contributed by atoms with Crippen molar-refractivity contribution in [2.24, 2.45) is 0 Å². The van der Waals surface area contributed by atoms with Gasteiger partial charge in [0.1, 0.15) is 5.78 Å². The molecule has 0 aromatic heterocycles. The second-order valence-electron chi connectivity index (χ2n) is 4.33. The molecule has 0 aromatic rings. The minimum absolute atomic E-state index is 0.00444. The van der Waals surface area contributed by atoms with Gasteiger partial charge in [-0.25, -0.2) is 0 Å². The Morgan fingerprint density at radius 3 is 2.88 bits per heavy atom. The summed E-state index contributed by atoms with van der Waals surface area (Å²) >= 11 is 0. The van der Waals surface area contributed by atoms with Gasteiger partial charge in [-0.15, -0.1) is 0 Å². The van der Waals surface area contributed by atoms with Crippen LogP contribution in [-0.2, 0) is 9.53 Å². The predicted octanol–water partition coefficient (Wildman–Crippen LogP) is 0.829. The number of aliphatic hydroxyl groups is 1. The lowest BCUT2D eigenvalue weighted by Crippen LogP contribution is -2.43. The van der Waals surface area contributed by atoms with Gasteiger partial charge in [0.2, 0.25) is 0 Å². The average molecular weight is 229 g/mol. The van der Waals surface area contributed by atoms with Crippen molar-refractivity contribution in [3.05, 3.63) is 0 Å². The highest BCUT2D eigenvalue weighted by Gasteiger charge is 2.26. The fraction of sp³-hybridized carbons (Fsp3) is 0.917. The van der Waals surface area contributed by atoms with Gasteiger partial charge in [-0.2, -0.15) is 0 Å². The first-order chi connectivity index (χ1) is 7.79.